The number of rotatable bonds is 3. The van der Waals surface area contributed by atoms with Gasteiger partial charge in [-0.3, -0.25) is 0 Å². The SMILES string of the molecule is COc1ccc(C)cc1C(Cl)c1ccc(C(C)(C)C)s1. The van der Waals surface area contributed by atoms with E-state index >= 15 is 0 Å². The van der Waals surface area contributed by atoms with Gasteiger partial charge in [-0.1, -0.05) is 38.5 Å². The summed E-state index contributed by atoms with van der Waals surface area (Å²) in [5, 5.41) is -0.161. The summed E-state index contributed by atoms with van der Waals surface area (Å²) < 4.78 is 5.44. The zero-order valence-corrected chi connectivity index (χ0v) is 14.2. The standard InChI is InChI=1S/C17H21ClOS/c1-11-6-7-13(19-5)12(10-11)16(18)14-8-9-15(20-14)17(2,3)4/h6-10,16H,1-5H3. The second-order valence-electron chi connectivity index (χ2n) is 6.06. The van der Waals surface area contributed by atoms with Gasteiger partial charge in [0.05, 0.1) is 12.5 Å². The van der Waals surface area contributed by atoms with Gasteiger partial charge in [0.2, 0.25) is 0 Å². The monoisotopic (exact) mass is 308 g/mol. The molecule has 0 aliphatic carbocycles. The fourth-order valence-corrected chi connectivity index (χ4v) is 3.54. The highest BCUT2D eigenvalue weighted by molar-refractivity contribution is 7.12. The van der Waals surface area contributed by atoms with Crippen LogP contribution in [0, 0.1) is 6.92 Å². The van der Waals surface area contributed by atoms with Gasteiger partial charge in [-0.25, -0.2) is 0 Å². The van der Waals surface area contributed by atoms with E-state index in [1.165, 1.54) is 15.3 Å². The Morgan fingerprint density at radius 2 is 1.85 bits per heavy atom. The Morgan fingerprint density at radius 3 is 2.40 bits per heavy atom. The summed E-state index contributed by atoms with van der Waals surface area (Å²) in [6.07, 6.45) is 0. The average Bonchev–Trinajstić information content (AvgIpc) is 2.87. The molecule has 0 saturated carbocycles. The molecule has 0 bridgehead atoms. The largest absolute Gasteiger partial charge is 0.496 e. The molecule has 0 radical (unpaired) electrons. The van der Waals surface area contributed by atoms with Crippen LogP contribution in [0.1, 0.15) is 47.0 Å². The molecule has 3 heteroatoms. The zero-order chi connectivity index (χ0) is 14.9. The number of ether oxygens (including phenoxy) is 1. The summed E-state index contributed by atoms with van der Waals surface area (Å²) in [6, 6.07) is 10.4. The van der Waals surface area contributed by atoms with Crippen molar-refractivity contribution in [3.63, 3.8) is 0 Å². The first-order chi connectivity index (χ1) is 9.32. The molecule has 0 amide bonds. The highest BCUT2D eigenvalue weighted by atomic mass is 35.5. The zero-order valence-electron chi connectivity index (χ0n) is 12.7. The lowest BCUT2D eigenvalue weighted by molar-refractivity contribution is 0.410. The first-order valence-electron chi connectivity index (χ1n) is 6.71. The van der Waals surface area contributed by atoms with E-state index in [0.717, 1.165) is 11.3 Å². The number of aryl methyl sites for hydroxylation is 1. The molecule has 0 aliphatic heterocycles. The molecular formula is C17H21ClOS. The minimum atomic E-state index is -0.161. The van der Waals surface area contributed by atoms with Gasteiger partial charge in [-0.05, 0) is 30.5 Å². The molecule has 1 aromatic heterocycles. The summed E-state index contributed by atoms with van der Waals surface area (Å²) >= 11 is 8.46. The topological polar surface area (TPSA) is 9.23 Å². The second-order valence-corrected chi connectivity index (χ2v) is 7.61. The van der Waals surface area contributed by atoms with E-state index in [-0.39, 0.29) is 10.8 Å². The minimum Gasteiger partial charge on any atom is -0.496 e. The van der Waals surface area contributed by atoms with Crippen LogP contribution in [-0.2, 0) is 5.41 Å². The van der Waals surface area contributed by atoms with Crippen LogP contribution >= 0.6 is 22.9 Å². The fourth-order valence-electron chi connectivity index (χ4n) is 2.10. The van der Waals surface area contributed by atoms with E-state index in [1.54, 1.807) is 18.4 Å². The van der Waals surface area contributed by atoms with Crippen molar-refractivity contribution in [3.8, 4) is 5.75 Å². The first kappa shape index (κ1) is 15.4. The Morgan fingerprint density at radius 1 is 1.15 bits per heavy atom. The molecule has 0 aliphatic rings. The molecule has 1 atom stereocenters. The number of methoxy groups -OCH3 is 1. The molecule has 108 valence electrons. The molecule has 1 heterocycles. The Balaban J connectivity index is 2.38. The maximum absolute atomic E-state index is 6.68. The van der Waals surface area contributed by atoms with Gasteiger partial charge in [0.25, 0.3) is 0 Å². The van der Waals surface area contributed by atoms with Crippen LogP contribution in [0.2, 0.25) is 0 Å². The van der Waals surface area contributed by atoms with Crippen LogP contribution < -0.4 is 4.74 Å². The van der Waals surface area contributed by atoms with Crippen molar-refractivity contribution in [1.82, 2.24) is 0 Å². The van der Waals surface area contributed by atoms with E-state index in [4.69, 9.17) is 16.3 Å². The third-order valence-corrected chi connectivity index (χ3v) is 5.45. The second kappa shape index (κ2) is 5.79. The maximum Gasteiger partial charge on any atom is 0.123 e. The van der Waals surface area contributed by atoms with Crippen LogP contribution in [0.15, 0.2) is 30.3 Å². The molecule has 0 N–H and O–H groups in total. The van der Waals surface area contributed by atoms with Crippen molar-refractivity contribution in [3.05, 3.63) is 51.2 Å². The molecule has 0 spiro atoms. The predicted octanol–water partition coefficient (Wildman–Crippen LogP) is 5.69. The van der Waals surface area contributed by atoms with Gasteiger partial charge in [-0.15, -0.1) is 22.9 Å². The van der Waals surface area contributed by atoms with E-state index in [9.17, 15) is 0 Å². The molecule has 1 unspecified atom stereocenters. The van der Waals surface area contributed by atoms with Gasteiger partial charge < -0.3 is 4.74 Å². The third kappa shape index (κ3) is 3.18. The molecule has 2 aromatic rings. The van der Waals surface area contributed by atoms with Crippen LogP contribution in [0.4, 0.5) is 0 Å². The minimum absolute atomic E-state index is 0.161. The first-order valence-corrected chi connectivity index (χ1v) is 7.97. The smallest absolute Gasteiger partial charge is 0.123 e. The molecule has 1 aromatic carbocycles. The molecule has 0 fully saturated rings. The van der Waals surface area contributed by atoms with Gasteiger partial charge in [0, 0.05) is 15.3 Å². The highest BCUT2D eigenvalue weighted by Crippen LogP contribution is 2.40. The van der Waals surface area contributed by atoms with Gasteiger partial charge in [-0.2, -0.15) is 0 Å². The van der Waals surface area contributed by atoms with Gasteiger partial charge in [0.1, 0.15) is 5.75 Å². The molecular weight excluding hydrogens is 288 g/mol. The Bertz CT molecular complexity index is 595. The molecule has 1 nitrogen and oxygen atoms in total. The lowest BCUT2D eigenvalue weighted by Crippen LogP contribution is -2.07. The van der Waals surface area contributed by atoms with Gasteiger partial charge in [0.15, 0.2) is 0 Å². The van der Waals surface area contributed by atoms with E-state index in [0.29, 0.717) is 0 Å². The summed E-state index contributed by atoms with van der Waals surface area (Å²) in [5.74, 6) is 0.848. The normalized spacial score (nSPS) is 13.3. The van der Waals surface area contributed by atoms with Crippen molar-refractivity contribution < 1.29 is 4.74 Å². The number of hydrogen-bond donors (Lipinski definition) is 0. The predicted molar refractivity (Wildman–Crippen MR) is 88.4 cm³/mol. The van der Waals surface area contributed by atoms with E-state index in [1.807, 2.05) is 12.1 Å². The van der Waals surface area contributed by atoms with E-state index < -0.39 is 0 Å². The number of thiophene rings is 1. The van der Waals surface area contributed by atoms with Crippen molar-refractivity contribution in [2.24, 2.45) is 0 Å². The van der Waals surface area contributed by atoms with Crippen LogP contribution in [0.3, 0.4) is 0 Å². The summed E-state index contributed by atoms with van der Waals surface area (Å²) in [5.41, 5.74) is 2.39. The molecule has 0 saturated heterocycles. The Labute approximate surface area is 130 Å². The Kier molecular flexibility index (Phi) is 4.46. The molecule has 2 rings (SSSR count). The van der Waals surface area contributed by atoms with E-state index in [2.05, 4.69) is 45.9 Å². The van der Waals surface area contributed by atoms with Gasteiger partial charge >= 0.3 is 0 Å². The lowest BCUT2D eigenvalue weighted by atomic mass is 9.95. The van der Waals surface area contributed by atoms with Crippen molar-refractivity contribution in [1.29, 1.82) is 0 Å². The highest BCUT2D eigenvalue weighted by Gasteiger charge is 2.21. The maximum atomic E-state index is 6.68. The summed E-state index contributed by atoms with van der Waals surface area (Å²) in [6.45, 7) is 8.73. The third-order valence-electron chi connectivity index (χ3n) is 3.27. The van der Waals surface area contributed by atoms with Crippen LogP contribution in [-0.4, -0.2) is 7.11 Å². The van der Waals surface area contributed by atoms with Crippen LogP contribution in [0.25, 0.3) is 0 Å². The molecule has 20 heavy (non-hydrogen) atoms. The van der Waals surface area contributed by atoms with Crippen molar-refractivity contribution >= 4 is 22.9 Å². The van der Waals surface area contributed by atoms with Crippen molar-refractivity contribution in [2.45, 2.75) is 38.5 Å². The number of benzene rings is 1. The fraction of sp³-hybridized carbons (Fsp3) is 0.412. The number of alkyl halides is 1. The number of halogens is 1. The number of hydrogen-bond acceptors (Lipinski definition) is 2. The summed E-state index contributed by atoms with van der Waals surface area (Å²) in [7, 11) is 1.69. The van der Waals surface area contributed by atoms with Crippen LogP contribution in [0.5, 0.6) is 5.75 Å². The lowest BCUT2D eigenvalue weighted by Gasteiger charge is -2.16. The van der Waals surface area contributed by atoms with Crippen molar-refractivity contribution in [2.75, 3.05) is 7.11 Å². The quantitative estimate of drug-likeness (QED) is 0.662. The summed E-state index contributed by atoms with van der Waals surface area (Å²) in [4.78, 5) is 2.52. The Hall–Kier alpha value is -0.990. The average molecular weight is 309 g/mol.